The van der Waals surface area contributed by atoms with Crippen LogP contribution in [0.4, 0.5) is 0 Å². The summed E-state index contributed by atoms with van der Waals surface area (Å²) in [5.41, 5.74) is 2.94. The van der Waals surface area contributed by atoms with Crippen molar-refractivity contribution in [2.75, 3.05) is 7.05 Å². The number of hydrogen-bond donors (Lipinski definition) is 1. The van der Waals surface area contributed by atoms with Crippen LogP contribution in [-0.2, 0) is 0 Å². The molecule has 0 aliphatic heterocycles. The fraction of sp³-hybridized carbons (Fsp3) is 0.600. The van der Waals surface area contributed by atoms with Crippen LogP contribution in [0.5, 0.6) is 0 Å². The van der Waals surface area contributed by atoms with Gasteiger partial charge in [0.25, 0.3) is 0 Å². The zero-order valence-electron chi connectivity index (χ0n) is 10.2. The normalized spacial score (nSPS) is 33.5. The predicted octanol–water partition coefficient (Wildman–Crippen LogP) is 3.30. The summed E-state index contributed by atoms with van der Waals surface area (Å²) in [5, 5.41) is 3.54. The Bertz CT molecular complexity index is 375. The van der Waals surface area contributed by atoms with Crippen molar-refractivity contribution in [2.24, 2.45) is 17.8 Å². The molecule has 2 aliphatic rings. The molecule has 0 amide bonds. The van der Waals surface area contributed by atoms with Crippen molar-refractivity contribution in [2.45, 2.75) is 32.2 Å². The molecule has 16 heavy (non-hydrogen) atoms. The van der Waals surface area contributed by atoms with Crippen LogP contribution in [0.3, 0.4) is 0 Å². The van der Waals surface area contributed by atoms with E-state index in [2.05, 4.69) is 43.6 Å². The highest BCUT2D eigenvalue weighted by atomic mass is 14.9. The van der Waals surface area contributed by atoms with Gasteiger partial charge in [0, 0.05) is 6.04 Å². The molecule has 1 aromatic carbocycles. The highest BCUT2D eigenvalue weighted by molar-refractivity contribution is 5.29. The molecule has 0 bridgehead atoms. The van der Waals surface area contributed by atoms with E-state index in [9.17, 15) is 0 Å². The molecule has 2 aliphatic carbocycles. The van der Waals surface area contributed by atoms with Gasteiger partial charge in [-0.1, -0.05) is 24.3 Å². The van der Waals surface area contributed by atoms with E-state index in [1.54, 1.807) is 0 Å². The van der Waals surface area contributed by atoms with Crippen molar-refractivity contribution in [1.82, 2.24) is 5.32 Å². The Morgan fingerprint density at radius 3 is 2.44 bits per heavy atom. The minimum atomic E-state index is 0.578. The van der Waals surface area contributed by atoms with Gasteiger partial charge in [-0.3, -0.25) is 0 Å². The fourth-order valence-corrected chi connectivity index (χ4v) is 3.61. The van der Waals surface area contributed by atoms with E-state index < -0.39 is 0 Å². The first kappa shape index (κ1) is 10.3. The van der Waals surface area contributed by atoms with Crippen LogP contribution in [0.2, 0.25) is 0 Å². The van der Waals surface area contributed by atoms with Crippen LogP contribution in [-0.4, -0.2) is 7.05 Å². The Morgan fingerprint density at radius 1 is 1.12 bits per heavy atom. The minimum absolute atomic E-state index is 0.578. The lowest BCUT2D eigenvalue weighted by molar-refractivity contribution is 0.358. The second kappa shape index (κ2) is 3.89. The highest BCUT2D eigenvalue weighted by Gasteiger charge is 2.47. The summed E-state index contributed by atoms with van der Waals surface area (Å²) in [4.78, 5) is 0. The summed E-state index contributed by atoms with van der Waals surface area (Å²) < 4.78 is 0. The van der Waals surface area contributed by atoms with Gasteiger partial charge < -0.3 is 5.32 Å². The molecule has 2 fully saturated rings. The molecular weight excluding hydrogens is 194 g/mol. The van der Waals surface area contributed by atoms with Gasteiger partial charge in [-0.25, -0.2) is 0 Å². The summed E-state index contributed by atoms with van der Waals surface area (Å²) >= 11 is 0. The average Bonchev–Trinajstić information content (AvgIpc) is 2.90. The molecule has 0 heterocycles. The first-order chi connectivity index (χ1) is 7.79. The van der Waals surface area contributed by atoms with Crippen molar-refractivity contribution in [3.8, 4) is 0 Å². The molecule has 1 aromatic rings. The maximum Gasteiger partial charge on any atom is 0.0348 e. The topological polar surface area (TPSA) is 12.0 Å². The lowest BCUT2D eigenvalue weighted by atomic mass is 9.87. The summed E-state index contributed by atoms with van der Waals surface area (Å²) in [6.07, 6.45) is 4.41. The van der Waals surface area contributed by atoms with Gasteiger partial charge in [0.2, 0.25) is 0 Å². The Balaban J connectivity index is 1.82. The van der Waals surface area contributed by atoms with Crippen LogP contribution < -0.4 is 5.32 Å². The van der Waals surface area contributed by atoms with E-state index in [0.29, 0.717) is 6.04 Å². The molecule has 1 N–H and O–H groups in total. The molecule has 0 aromatic heterocycles. The molecule has 3 atom stereocenters. The number of fused-ring (bicyclic) bond motifs is 1. The molecule has 0 spiro atoms. The average molecular weight is 215 g/mol. The third-order valence-electron chi connectivity index (χ3n) is 4.59. The van der Waals surface area contributed by atoms with Crippen molar-refractivity contribution >= 4 is 0 Å². The van der Waals surface area contributed by atoms with E-state index in [1.165, 1.54) is 30.4 Å². The Morgan fingerprint density at radius 2 is 1.81 bits per heavy atom. The van der Waals surface area contributed by atoms with Crippen LogP contribution in [0.25, 0.3) is 0 Å². The van der Waals surface area contributed by atoms with Gasteiger partial charge >= 0.3 is 0 Å². The first-order valence-corrected chi connectivity index (χ1v) is 6.52. The zero-order chi connectivity index (χ0) is 11.1. The smallest absolute Gasteiger partial charge is 0.0348 e. The van der Waals surface area contributed by atoms with E-state index in [-0.39, 0.29) is 0 Å². The first-order valence-electron chi connectivity index (χ1n) is 6.52. The maximum absolute atomic E-state index is 3.54. The molecule has 2 saturated carbocycles. The third kappa shape index (κ3) is 1.67. The molecule has 0 radical (unpaired) electrons. The van der Waals surface area contributed by atoms with Gasteiger partial charge in [-0.2, -0.15) is 0 Å². The third-order valence-corrected chi connectivity index (χ3v) is 4.59. The van der Waals surface area contributed by atoms with E-state index >= 15 is 0 Å². The largest absolute Gasteiger partial charge is 0.313 e. The fourth-order valence-electron chi connectivity index (χ4n) is 3.61. The van der Waals surface area contributed by atoms with Gasteiger partial charge in [-0.15, -0.1) is 0 Å². The van der Waals surface area contributed by atoms with Crippen molar-refractivity contribution < 1.29 is 0 Å². The number of benzene rings is 1. The van der Waals surface area contributed by atoms with E-state index in [0.717, 1.165) is 17.8 Å². The SMILES string of the molecule is CNC(c1ccccc1C)C1CC2CC2C1. The van der Waals surface area contributed by atoms with Crippen LogP contribution >= 0.6 is 0 Å². The quantitative estimate of drug-likeness (QED) is 0.815. The molecule has 1 heteroatoms. The van der Waals surface area contributed by atoms with Gasteiger partial charge in [0.15, 0.2) is 0 Å². The van der Waals surface area contributed by atoms with Gasteiger partial charge in [0.1, 0.15) is 0 Å². The lowest BCUT2D eigenvalue weighted by Gasteiger charge is -2.26. The van der Waals surface area contributed by atoms with E-state index in [4.69, 9.17) is 0 Å². The number of rotatable bonds is 3. The maximum atomic E-state index is 3.54. The van der Waals surface area contributed by atoms with E-state index in [1.807, 2.05) is 0 Å². The van der Waals surface area contributed by atoms with Gasteiger partial charge in [-0.05, 0) is 62.1 Å². The van der Waals surface area contributed by atoms with Crippen LogP contribution in [0.1, 0.15) is 36.4 Å². The molecule has 3 rings (SSSR count). The standard InChI is InChI=1S/C15H21N/c1-10-5-3-4-6-14(10)15(16-2)13-8-11-7-12(11)9-13/h3-6,11-13,15-16H,7-9H2,1-2H3. The summed E-state index contributed by atoms with van der Waals surface area (Å²) in [6, 6.07) is 9.41. The van der Waals surface area contributed by atoms with Crippen LogP contribution in [0.15, 0.2) is 24.3 Å². The Kier molecular flexibility index (Phi) is 2.51. The predicted molar refractivity (Wildman–Crippen MR) is 67.3 cm³/mol. The molecule has 1 nitrogen and oxygen atoms in total. The lowest BCUT2D eigenvalue weighted by Crippen LogP contribution is -2.25. The monoisotopic (exact) mass is 215 g/mol. The van der Waals surface area contributed by atoms with Crippen LogP contribution in [0, 0.1) is 24.7 Å². The zero-order valence-corrected chi connectivity index (χ0v) is 10.2. The second-order valence-corrected chi connectivity index (χ2v) is 5.61. The van der Waals surface area contributed by atoms with Crippen molar-refractivity contribution in [1.29, 1.82) is 0 Å². The van der Waals surface area contributed by atoms with Gasteiger partial charge in [0.05, 0.1) is 0 Å². The molecule has 0 saturated heterocycles. The number of aryl methyl sites for hydroxylation is 1. The summed E-state index contributed by atoms with van der Waals surface area (Å²) in [5.74, 6) is 3.02. The highest BCUT2D eigenvalue weighted by Crippen LogP contribution is 2.57. The Labute approximate surface area is 98.3 Å². The second-order valence-electron chi connectivity index (χ2n) is 5.61. The van der Waals surface area contributed by atoms with Crippen molar-refractivity contribution in [3.05, 3.63) is 35.4 Å². The molecule has 3 unspecified atom stereocenters. The number of hydrogen-bond acceptors (Lipinski definition) is 1. The molecule has 86 valence electrons. The summed E-state index contributed by atoms with van der Waals surface area (Å²) in [6.45, 7) is 2.23. The minimum Gasteiger partial charge on any atom is -0.313 e. The van der Waals surface area contributed by atoms with Crippen molar-refractivity contribution in [3.63, 3.8) is 0 Å². The Hall–Kier alpha value is -0.820. The number of nitrogens with one attached hydrogen (secondary N) is 1. The summed E-state index contributed by atoms with van der Waals surface area (Å²) in [7, 11) is 2.11. The molecular formula is C15H21N.